The third-order valence-corrected chi connectivity index (χ3v) is 5.48. The molecule has 2 rings (SSSR count). The van der Waals surface area contributed by atoms with Crippen molar-refractivity contribution in [3.63, 3.8) is 0 Å². The van der Waals surface area contributed by atoms with Crippen LogP contribution in [0.5, 0.6) is 0 Å². The van der Waals surface area contributed by atoms with E-state index in [1.54, 1.807) is 18.2 Å². The molecular weight excluding hydrogens is 386 g/mol. The van der Waals surface area contributed by atoms with Crippen molar-refractivity contribution in [2.45, 2.75) is 23.7 Å². The number of carbonyl (C=O) groups is 2. The highest BCUT2D eigenvalue weighted by Gasteiger charge is 2.40. The van der Waals surface area contributed by atoms with Gasteiger partial charge in [0.05, 0.1) is 12.3 Å². The number of benzene rings is 1. The zero-order chi connectivity index (χ0) is 20.6. The number of hydrogen-bond donors (Lipinski definition) is 4. The van der Waals surface area contributed by atoms with Gasteiger partial charge in [0.15, 0.2) is 5.66 Å². The van der Waals surface area contributed by atoms with Gasteiger partial charge in [0.25, 0.3) is 5.91 Å². The molecule has 1 aromatic heterocycles. The topological polar surface area (TPSA) is 154 Å². The third kappa shape index (κ3) is 5.15. The fourth-order valence-corrected chi connectivity index (χ4v) is 3.57. The van der Waals surface area contributed by atoms with Crippen LogP contribution in [0.1, 0.15) is 23.2 Å². The smallest absolute Gasteiger partial charge is 0.344 e. The second-order valence-corrected chi connectivity index (χ2v) is 7.83. The van der Waals surface area contributed by atoms with Gasteiger partial charge in [0.1, 0.15) is 6.33 Å². The third-order valence-electron chi connectivity index (χ3n) is 3.87. The Labute approximate surface area is 161 Å². The van der Waals surface area contributed by atoms with E-state index in [2.05, 4.69) is 31.7 Å². The number of terminal acetylenes is 1. The van der Waals surface area contributed by atoms with E-state index in [9.17, 15) is 23.1 Å². The van der Waals surface area contributed by atoms with Crippen molar-refractivity contribution in [2.75, 3.05) is 12.3 Å². The molecule has 0 saturated carbocycles. The summed E-state index contributed by atoms with van der Waals surface area (Å²) in [5, 5.41) is 20.2. The molecule has 1 amide bonds. The molecule has 0 spiro atoms. The number of nitrogens with zero attached hydrogens (tertiary/aromatic N) is 2. The maximum atomic E-state index is 12.5. The summed E-state index contributed by atoms with van der Waals surface area (Å²) in [6.45, 7) is -0.143. The van der Waals surface area contributed by atoms with Crippen molar-refractivity contribution in [2.24, 2.45) is 0 Å². The van der Waals surface area contributed by atoms with Gasteiger partial charge in [-0.25, -0.2) is 18.2 Å². The maximum absolute atomic E-state index is 12.5. The minimum Gasteiger partial charge on any atom is -0.478 e. The number of carboxylic acids is 1. The van der Waals surface area contributed by atoms with Crippen LogP contribution in [-0.2, 0) is 14.6 Å². The molecule has 11 heteroatoms. The van der Waals surface area contributed by atoms with Crippen LogP contribution in [0.3, 0.4) is 0 Å². The van der Waals surface area contributed by atoms with Crippen molar-refractivity contribution in [1.82, 2.24) is 25.8 Å². The zero-order valence-corrected chi connectivity index (χ0v) is 15.6. The van der Waals surface area contributed by atoms with E-state index in [1.165, 1.54) is 12.1 Å². The quantitative estimate of drug-likeness (QED) is 0.313. The first-order valence-electron chi connectivity index (χ1n) is 8.18. The highest BCUT2D eigenvalue weighted by molar-refractivity contribution is 7.91. The first-order chi connectivity index (χ1) is 13.3. The lowest BCUT2D eigenvalue weighted by atomic mass is 10.0. The van der Waals surface area contributed by atoms with Crippen molar-refractivity contribution in [1.29, 1.82) is 0 Å². The van der Waals surface area contributed by atoms with Crippen LogP contribution in [0.15, 0.2) is 41.8 Å². The molecule has 0 aliphatic heterocycles. The summed E-state index contributed by atoms with van der Waals surface area (Å²) < 4.78 is 24.4. The van der Waals surface area contributed by atoms with Crippen LogP contribution in [0.2, 0.25) is 0 Å². The van der Waals surface area contributed by atoms with Gasteiger partial charge in [-0.15, -0.1) is 6.42 Å². The first-order valence-corrected chi connectivity index (χ1v) is 9.83. The Kier molecular flexibility index (Phi) is 6.86. The lowest BCUT2D eigenvalue weighted by Crippen LogP contribution is -2.64. The number of sulfone groups is 1. The Morgan fingerprint density at radius 2 is 2.00 bits per heavy atom. The number of aromatic nitrogens is 3. The number of aliphatic carboxylic acids is 1. The standard InChI is InChI=1S/C17H19N5O5S/c1-2-10-19-17(15(24)25,21-14(23)13-7-4-3-5-8-13)9-6-11-28(26,27)16-18-12-20-22-16/h1,3-5,7-8,12,19H,6,9-11H2,(H,21,23)(H,24,25)(H,18,20,22). The molecule has 1 atom stereocenters. The molecular formula is C17H19N5O5S. The van der Waals surface area contributed by atoms with Crippen molar-refractivity contribution in [3.05, 3.63) is 42.2 Å². The Hall–Kier alpha value is -3.23. The summed E-state index contributed by atoms with van der Waals surface area (Å²) in [5.41, 5.74) is -1.68. The van der Waals surface area contributed by atoms with Crippen molar-refractivity contribution in [3.8, 4) is 12.3 Å². The van der Waals surface area contributed by atoms with E-state index < -0.39 is 33.1 Å². The monoisotopic (exact) mass is 405 g/mol. The summed E-state index contributed by atoms with van der Waals surface area (Å²) >= 11 is 0. The molecule has 10 nitrogen and oxygen atoms in total. The lowest BCUT2D eigenvalue weighted by Gasteiger charge is -2.31. The van der Waals surface area contributed by atoms with Gasteiger partial charge in [-0.3, -0.25) is 15.2 Å². The zero-order valence-electron chi connectivity index (χ0n) is 14.8. The van der Waals surface area contributed by atoms with Crippen molar-refractivity contribution < 1.29 is 23.1 Å². The Bertz CT molecular complexity index is 954. The van der Waals surface area contributed by atoms with Gasteiger partial charge in [0.2, 0.25) is 15.0 Å². The van der Waals surface area contributed by atoms with Crippen LogP contribution in [-0.4, -0.2) is 58.5 Å². The van der Waals surface area contributed by atoms with E-state index in [0.717, 1.165) is 6.33 Å². The number of carbonyl (C=O) groups excluding carboxylic acids is 1. The van der Waals surface area contributed by atoms with E-state index in [4.69, 9.17) is 6.42 Å². The van der Waals surface area contributed by atoms with Crippen LogP contribution in [0, 0.1) is 12.3 Å². The second-order valence-electron chi connectivity index (χ2n) is 5.80. The summed E-state index contributed by atoms with van der Waals surface area (Å²) in [6.07, 6.45) is 5.96. The first kappa shape index (κ1) is 21.1. The van der Waals surface area contributed by atoms with Gasteiger partial charge >= 0.3 is 5.97 Å². The van der Waals surface area contributed by atoms with E-state index in [-0.39, 0.29) is 30.1 Å². The van der Waals surface area contributed by atoms with Crippen LogP contribution >= 0.6 is 0 Å². The molecule has 0 aliphatic rings. The average molecular weight is 405 g/mol. The predicted molar refractivity (Wildman–Crippen MR) is 98.8 cm³/mol. The van der Waals surface area contributed by atoms with Gasteiger partial charge in [-0.2, -0.15) is 5.10 Å². The minimum atomic E-state index is -3.77. The van der Waals surface area contributed by atoms with Gasteiger partial charge in [-0.1, -0.05) is 24.1 Å². The summed E-state index contributed by atoms with van der Waals surface area (Å²) in [4.78, 5) is 28.0. The molecule has 0 fully saturated rings. The normalized spacial score (nSPS) is 13.2. The number of rotatable bonds is 10. The number of H-pyrrole nitrogens is 1. The van der Waals surface area contributed by atoms with E-state index >= 15 is 0 Å². The number of carboxylic acid groups (broad SMARTS) is 1. The molecule has 4 N–H and O–H groups in total. The molecule has 148 valence electrons. The van der Waals surface area contributed by atoms with E-state index in [0.29, 0.717) is 0 Å². The molecule has 28 heavy (non-hydrogen) atoms. The summed E-state index contributed by atoms with van der Waals surface area (Å²) in [7, 11) is -3.77. The lowest BCUT2D eigenvalue weighted by molar-refractivity contribution is -0.146. The van der Waals surface area contributed by atoms with E-state index in [1.807, 2.05) is 0 Å². The fraction of sp³-hybridized carbons (Fsp3) is 0.294. The Balaban J connectivity index is 2.17. The number of hydrogen-bond acceptors (Lipinski definition) is 7. The van der Waals surface area contributed by atoms with Gasteiger partial charge in [-0.05, 0) is 25.0 Å². The fourth-order valence-electron chi connectivity index (χ4n) is 2.46. The largest absolute Gasteiger partial charge is 0.478 e. The number of aromatic amines is 1. The van der Waals surface area contributed by atoms with Gasteiger partial charge < -0.3 is 10.4 Å². The molecule has 0 bridgehead atoms. The summed E-state index contributed by atoms with van der Waals surface area (Å²) in [5.74, 6) is -0.159. The van der Waals surface area contributed by atoms with Crippen LogP contribution in [0.25, 0.3) is 0 Å². The molecule has 0 aliphatic carbocycles. The highest BCUT2D eigenvalue weighted by Crippen LogP contribution is 2.15. The molecule has 1 unspecified atom stereocenters. The van der Waals surface area contributed by atoms with Gasteiger partial charge in [0, 0.05) is 5.56 Å². The summed E-state index contributed by atoms with van der Waals surface area (Å²) in [6, 6.07) is 8.04. The SMILES string of the molecule is C#CCNC(CCCS(=O)(=O)c1ncn[nH]1)(NC(=O)c1ccccc1)C(=O)O. The Morgan fingerprint density at radius 1 is 1.29 bits per heavy atom. The van der Waals surface area contributed by atoms with Crippen LogP contribution < -0.4 is 10.6 Å². The van der Waals surface area contributed by atoms with Crippen LogP contribution in [0.4, 0.5) is 0 Å². The highest BCUT2D eigenvalue weighted by atomic mass is 32.2. The number of amides is 1. The van der Waals surface area contributed by atoms with Crippen molar-refractivity contribution >= 4 is 21.7 Å². The number of nitrogens with one attached hydrogen (secondary N) is 3. The minimum absolute atomic E-state index is 0.0814. The molecule has 2 aromatic rings. The molecule has 0 saturated heterocycles. The predicted octanol–water partition coefficient (Wildman–Crippen LogP) is -0.208. The molecule has 0 radical (unpaired) electrons. The Morgan fingerprint density at radius 3 is 2.57 bits per heavy atom. The average Bonchev–Trinajstić information content (AvgIpc) is 3.22. The maximum Gasteiger partial charge on any atom is 0.344 e. The second kappa shape index (κ2) is 9.12. The molecule has 1 aromatic carbocycles. The molecule has 1 heterocycles.